The summed E-state index contributed by atoms with van der Waals surface area (Å²) in [5, 5.41) is 0.434. The molecule has 0 fully saturated rings. The van der Waals surface area contributed by atoms with Gasteiger partial charge in [0.25, 0.3) is 10.0 Å². The Kier molecular flexibility index (Phi) is 6.16. The number of sulfonamides is 1. The van der Waals surface area contributed by atoms with Crippen LogP contribution in [0.25, 0.3) is 0 Å². The van der Waals surface area contributed by atoms with Gasteiger partial charge in [-0.05, 0) is 42.5 Å². The highest BCUT2D eigenvalue weighted by molar-refractivity contribution is 7.92. The zero-order valence-corrected chi connectivity index (χ0v) is 15.7. The fraction of sp³-hybridized carbons (Fsp3) is 0.188. The molecule has 2 rings (SSSR count). The molecule has 0 aliphatic rings. The van der Waals surface area contributed by atoms with Gasteiger partial charge < -0.3 is 9.47 Å². The van der Waals surface area contributed by atoms with E-state index >= 15 is 0 Å². The Balaban J connectivity index is 2.52. The first-order valence-electron chi connectivity index (χ1n) is 6.98. The van der Waals surface area contributed by atoms with E-state index in [4.69, 9.17) is 27.9 Å². The molecule has 134 valence electrons. The van der Waals surface area contributed by atoms with E-state index in [0.29, 0.717) is 5.75 Å². The van der Waals surface area contributed by atoms with Crippen molar-refractivity contribution in [3.8, 4) is 5.75 Å². The zero-order chi connectivity index (χ0) is 18.6. The smallest absolute Gasteiger partial charge is 0.326 e. The molecule has 0 spiro atoms. The maximum Gasteiger partial charge on any atom is 0.326 e. The largest absolute Gasteiger partial charge is 0.497 e. The van der Waals surface area contributed by atoms with Crippen LogP contribution < -0.4 is 9.04 Å². The van der Waals surface area contributed by atoms with E-state index in [1.165, 1.54) is 56.7 Å². The van der Waals surface area contributed by atoms with Crippen molar-refractivity contribution in [1.29, 1.82) is 0 Å². The highest BCUT2D eigenvalue weighted by Crippen LogP contribution is 2.30. The summed E-state index contributed by atoms with van der Waals surface area (Å²) in [5.74, 6) is -0.212. The van der Waals surface area contributed by atoms with Crippen molar-refractivity contribution >= 4 is 44.9 Å². The van der Waals surface area contributed by atoms with E-state index in [1.807, 2.05) is 0 Å². The number of carbonyl (C=O) groups excluding carboxylic acids is 1. The lowest BCUT2D eigenvalue weighted by Crippen LogP contribution is -2.36. The fourth-order valence-corrected chi connectivity index (χ4v) is 3.71. The number of ether oxygens (including phenoxy) is 2. The Hall–Kier alpha value is -1.96. The number of anilines is 1. The van der Waals surface area contributed by atoms with Crippen LogP contribution in [0.5, 0.6) is 5.75 Å². The standard InChI is InChI=1S/C16H15Cl2NO5S/c1-23-12-4-6-13(7-5-12)25(21,22)19(10-16(20)24-2)11-3-8-14(17)15(18)9-11/h3-9H,10H2,1-2H3. The lowest BCUT2D eigenvalue weighted by molar-refractivity contribution is -0.138. The van der Waals surface area contributed by atoms with E-state index in [1.54, 1.807) is 0 Å². The molecule has 0 saturated heterocycles. The van der Waals surface area contributed by atoms with Gasteiger partial charge in [-0.1, -0.05) is 23.2 Å². The first kappa shape index (κ1) is 19.4. The second-order valence-corrected chi connectivity index (χ2v) is 7.54. The molecule has 0 heterocycles. The van der Waals surface area contributed by atoms with Gasteiger partial charge in [0.2, 0.25) is 0 Å². The van der Waals surface area contributed by atoms with Gasteiger partial charge in [-0.15, -0.1) is 0 Å². The van der Waals surface area contributed by atoms with E-state index in [0.717, 1.165) is 4.31 Å². The fourth-order valence-electron chi connectivity index (χ4n) is 2.01. The average Bonchev–Trinajstić information content (AvgIpc) is 2.61. The number of hydrogen-bond acceptors (Lipinski definition) is 5. The van der Waals surface area contributed by atoms with E-state index < -0.39 is 22.5 Å². The maximum absolute atomic E-state index is 13.0. The van der Waals surface area contributed by atoms with Crippen LogP contribution in [0.15, 0.2) is 47.4 Å². The van der Waals surface area contributed by atoms with Crippen molar-refractivity contribution in [2.45, 2.75) is 4.90 Å². The molecule has 0 unspecified atom stereocenters. The molecule has 6 nitrogen and oxygen atoms in total. The number of hydrogen-bond donors (Lipinski definition) is 0. The number of esters is 1. The van der Waals surface area contributed by atoms with Crippen LogP contribution >= 0.6 is 23.2 Å². The molecular formula is C16H15Cl2NO5S. The van der Waals surface area contributed by atoms with Crippen LogP contribution in [0.4, 0.5) is 5.69 Å². The van der Waals surface area contributed by atoms with Crippen LogP contribution in [0.3, 0.4) is 0 Å². The van der Waals surface area contributed by atoms with Gasteiger partial charge in [0.05, 0.1) is 34.8 Å². The van der Waals surface area contributed by atoms with Gasteiger partial charge in [-0.2, -0.15) is 0 Å². The quantitative estimate of drug-likeness (QED) is 0.691. The SMILES string of the molecule is COC(=O)CN(c1ccc(Cl)c(Cl)c1)S(=O)(=O)c1ccc(OC)cc1. The second-order valence-electron chi connectivity index (χ2n) is 4.86. The average molecular weight is 404 g/mol. The van der Waals surface area contributed by atoms with Gasteiger partial charge in [0.1, 0.15) is 12.3 Å². The van der Waals surface area contributed by atoms with Crippen molar-refractivity contribution < 1.29 is 22.7 Å². The summed E-state index contributed by atoms with van der Waals surface area (Å²) in [6.45, 7) is -0.511. The van der Waals surface area contributed by atoms with Crippen molar-refractivity contribution in [1.82, 2.24) is 0 Å². The summed E-state index contributed by atoms with van der Waals surface area (Å²) in [6.07, 6.45) is 0. The molecule has 25 heavy (non-hydrogen) atoms. The van der Waals surface area contributed by atoms with Crippen LogP contribution in [0.2, 0.25) is 10.0 Å². The van der Waals surface area contributed by atoms with Crippen molar-refractivity contribution in [3.63, 3.8) is 0 Å². The number of methoxy groups -OCH3 is 2. The molecule has 9 heteroatoms. The third kappa shape index (κ3) is 4.36. The van der Waals surface area contributed by atoms with Crippen LogP contribution in [-0.2, 0) is 19.6 Å². The number of carbonyl (C=O) groups is 1. The van der Waals surface area contributed by atoms with Crippen LogP contribution in [0.1, 0.15) is 0 Å². The molecule has 0 aromatic heterocycles. The number of nitrogens with zero attached hydrogens (tertiary/aromatic N) is 1. The Morgan fingerprint density at radius 2 is 1.68 bits per heavy atom. The predicted octanol–water partition coefficient (Wildman–Crippen LogP) is 3.37. The first-order valence-corrected chi connectivity index (χ1v) is 9.18. The summed E-state index contributed by atoms with van der Waals surface area (Å²) >= 11 is 11.9. The van der Waals surface area contributed by atoms with Crippen molar-refractivity contribution in [3.05, 3.63) is 52.5 Å². The van der Waals surface area contributed by atoms with Gasteiger partial charge in [-0.3, -0.25) is 9.10 Å². The van der Waals surface area contributed by atoms with E-state index in [9.17, 15) is 13.2 Å². The highest BCUT2D eigenvalue weighted by Gasteiger charge is 2.28. The number of rotatable bonds is 6. The molecule has 0 amide bonds. The maximum atomic E-state index is 13.0. The third-order valence-electron chi connectivity index (χ3n) is 3.34. The molecule has 0 radical (unpaired) electrons. The van der Waals surface area contributed by atoms with Gasteiger partial charge in [0, 0.05) is 0 Å². The molecule has 0 N–H and O–H groups in total. The molecule has 0 atom stereocenters. The number of benzene rings is 2. The Bertz CT molecular complexity index is 869. The minimum Gasteiger partial charge on any atom is -0.497 e. The normalized spacial score (nSPS) is 11.0. The Morgan fingerprint density at radius 3 is 2.20 bits per heavy atom. The third-order valence-corrected chi connectivity index (χ3v) is 5.87. The number of halogens is 2. The summed E-state index contributed by atoms with van der Waals surface area (Å²) < 4.78 is 36.5. The zero-order valence-electron chi connectivity index (χ0n) is 13.4. The molecule has 2 aromatic rings. The minimum atomic E-state index is -4.04. The summed E-state index contributed by atoms with van der Waals surface area (Å²) in [7, 11) is -1.39. The summed E-state index contributed by atoms with van der Waals surface area (Å²) in [4.78, 5) is 11.7. The van der Waals surface area contributed by atoms with E-state index in [-0.39, 0.29) is 20.6 Å². The monoisotopic (exact) mass is 403 g/mol. The van der Waals surface area contributed by atoms with Crippen LogP contribution in [0, 0.1) is 0 Å². The first-order chi connectivity index (χ1) is 11.8. The van der Waals surface area contributed by atoms with Crippen molar-refractivity contribution in [2.24, 2.45) is 0 Å². The molecule has 0 saturated carbocycles. The topological polar surface area (TPSA) is 72.9 Å². The van der Waals surface area contributed by atoms with E-state index in [2.05, 4.69) is 4.74 Å². The second kappa shape index (κ2) is 7.95. The lowest BCUT2D eigenvalue weighted by atomic mass is 10.3. The Labute approximate surface area is 155 Å². The molecule has 0 aliphatic carbocycles. The molecular weight excluding hydrogens is 389 g/mol. The van der Waals surface area contributed by atoms with Gasteiger partial charge >= 0.3 is 5.97 Å². The Morgan fingerprint density at radius 1 is 1.04 bits per heavy atom. The highest BCUT2D eigenvalue weighted by atomic mass is 35.5. The predicted molar refractivity (Wildman–Crippen MR) is 96.0 cm³/mol. The molecule has 0 bridgehead atoms. The van der Waals surface area contributed by atoms with Crippen molar-refractivity contribution in [2.75, 3.05) is 25.1 Å². The summed E-state index contributed by atoms with van der Waals surface area (Å²) in [5.41, 5.74) is 0.190. The van der Waals surface area contributed by atoms with Gasteiger partial charge in [0.15, 0.2) is 0 Å². The molecule has 0 aliphatic heterocycles. The lowest BCUT2D eigenvalue weighted by Gasteiger charge is -2.23. The molecule has 2 aromatic carbocycles. The minimum absolute atomic E-state index is 0.0109. The van der Waals surface area contributed by atoms with Gasteiger partial charge in [-0.25, -0.2) is 8.42 Å². The summed E-state index contributed by atoms with van der Waals surface area (Å²) in [6, 6.07) is 10.1. The van der Waals surface area contributed by atoms with Crippen LogP contribution in [-0.4, -0.2) is 35.2 Å².